The molecule has 1 N–H and O–H groups in total. The van der Waals surface area contributed by atoms with Crippen LogP contribution < -0.4 is 5.32 Å². The highest BCUT2D eigenvalue weighted by Gasteiger charge is 2.36. The van der Waals surface area contributed by atoms with Crippen LogP contribution in [-0.4, -0.2) is 29.5 Å². The zero-order valence-electron chi connectivity index (χ0n) is 11.2. The molecule has 4 nitrogen and oxygen atoms in total. The molecule has 0 spiro atoms. The van der Waals surface area contributed by atoms with E-state index >= 15 is 0 Å². The van der Waals surface area contributed by atoms with Gasteiger partial charge in [-0.1, -0.05) is 6.92 Å². The van der Waals surface area contributed by atoms with Crippen LogP contribution in [0.1, 0.15) is 38.9 Å². The fourth-order valence-electron chi connectivity index (χ4n) is 2.11. The molecule has 0 bridgehead atoms. The van der Waals surface area contributed by atoms with Crippen molar-refractivity contribution in [2.24, 2.45) is 0 Å². The molecule has 17 heavy (non-hydrogen) atoms. The quantitative estimate of drug-likeness (QED) is 0.878. The van der Waals surface area contributed by atoms with E-state index in [0.717, 1.165) is 23.1 Å². The van der Waals surface area contributed by atoms with Crippen LogP contribution in [-0.2, 0) is 11.3 Å². The minimum atomic E-state index is -0.246. The number of likely N-dealkylation sites (N-methyl/N-ethyl adjacent to an activating group) is 1. The zero-order chi connectivity index (χ0) is 13.1. The molecule has 0 aliphatic carbocycles. The minimum Gasteiger partial charge on any atom is -0.376 e. The molecule has 0 aliphatic heterocycles. The fourth-order valence-corrected chi connectivity index (χ4v) is 2.63. The number of rotatable bonds is 6. The van der Waals surface area contributed by atoms with Crippen LogP contribution >= 0.6 is 15.9 Å². The molecule has 2 unspecified atom stereocenters. The van der Waals surface area contributed by atoms with Crippen LogP contribution in [0, 0.1) is 0 Å². The van der Waals surface area contributed by atoms with Crippen LogP contribution in [0.5, 0.6) is 0 Å². The predicted octanol–water partition coefficient (Wildman–Crippen LogP) is 2.74. The Morgan fingerprint density at radius 3 is 2.65 bits per heavy atom. The van der Waals surface area contributed by atoms with Gasteiger partial charge in [-0.05, 0) is 43.2 Å². The zero-order valence-corrected chi connectivity index (χ0v) is 12.8. The summed E-state index contributed by atoms with van der Waals surface area (Å²) < 4.78 is 8.72. The van der Waals surface area contributed by atoms with Gasteiger partial charge in [0, 0.05) is 13.7 Å². The van der Waals surface area contributed by atoms with Crippen molar-refractivity contribution in [3.8, 4) is 0 Å². The summed E-state index contributed by atoms with van der Waals surface area (Å²) in [5.41, 5.74) is 0.894. The van der Waals surface area contributed by atoms with E-state index in [2.05, 4.69) is 47.1 Å². The van der Waals surface area contributed by atoms with Crippen molar-refractivity contribution in [1.29, 1.82) is 0 Å². The summed E-state index contributed by atoms with van der Waals surface area (Å²) >= 11 is 3.57. The molecule has 0 fully saturated rings. The van der Waals surface area contributed by atoms with Gasteiger partial charge in [0.15, 0.2) is 0 Å². The number of nitrogens with zero attached hydrogens (tertiary/aromatic N) is 2. The Balaban J connectivity index is 3.21. The van der Waals surface area contributed by atoms with E-state index in [9.17, 15) is 0 Å². The van der Waals surface area contributed by atoms with Crippen molar-refractivity contribution in [2.45, 2.75) is 45.4 Å². The number of nitrogens with one attached hydrogen (secondary N) is 1. The average molecular weight is 304 g/mol. The highest BCUT2D eigenvalue weighted by molar-refractivity contribution is 9.10. The highest BCUT2D eigenvalue weighted by atomic mass is 79.9. The molecule has 0 radical (unpaired) electrons. The molecule has 98 valence electrons. The van der Waals surface area contributed by atoms with E-state index in [4.69, 9.17) is 4.74 Å². The normalized spacial score (nSPS) is 16.8. The van der Waals surface area contributed by atoms with Crippen molar-refractivity contribution in [1.82, 2.24) is 15.1 Å². The third-order valence-electron chi connectivity index (χ3n) is 3.47. The monoisotopic (exact) mass is 303 g/mol. The molecule has 0 aliphatic rings. The van der Waals surface area contributed by atoms with Gasteiger partial charge in [-0.3, -0.25) is 4.68 Å². The summed E-state index contributed by atoms with van der Waals surface area (Å²) in [5, 5.41) is 7.71. The van der Waals surface area contributed by atoms with E-state index in [-0.39, 0.29) is 11.6 Å². The Bertz CT molecular complexity index is 361. The molecular weight excluding hydrogens is 282 g/mol. The van der Waals surface area contributed by atoms with Crippen molar-refractivity contribution < 1.29 is 4.74 Å². The van der Waals surface area contributed by atoms with Crippen molar-refractivity contribution in [3.63, 3.8) is 0 Å². The van der Waals surface area contributed by atoms with E-state index in [1.54, 1.807) is 7.11 Å². The first-order valence-electron chi connectivity index (χ1n) is 5.97. The van der Waals surface area contributed by atoms with Gasteiger partial charge in [0.25, 0.3) is 0 Å². The number of hydrogen-bond donors (Lipinski definition) is 1. The first-order chi connectivity index (χ1) is 8.03. The van der Waals surface area contributed by atoms with Gasteiger partial charge < -0.3 is 10.1 Å². The maximum absolute atomic E-state index is 5.69. The number of aryl methyl sites for hydroxylation is 1. The molecule has 1 aromatic rings. The fraction of sp³-hybridized carbons (Fsp3) is 0.750. The third-order valence-corrected chi connectivity index (χ3v) is 4.08. The second-order valence-electron chi connectivity index (χ2n) is 4.29. The highest BCUT2D eigenvalue weighted by Crippen LogP contribution is 2.35. The Hall–Kier alpha value is -0.390. The number of halogens is 1. The van der Waals surface area contributed by atoms with E-state index < -0.39 is 0 Å². The number of methoxy groups -OCH3 is 1. The topological polar surface area (TPSA) is 39.1 Å². The Morgan fingerprint density at radius 1 is 1.59 bits per heavy atom. The molecule has 0 saturated carbocycles. The lowest BCUT2D eigenvalue weighted by molar-refractivity contribution is -0.0304. The molecule has 1 aromatic heterocycles. The van der Waals surface area contributed by atoms with Gasteiger partial charge in [0.05, 0.1) is 28.0 Å². The average Bonchev–Trinajstić information content (AvgIpc) is 2.71. The SMILES string of the molecule is CCn1ncc(Br)c1C(NC)C(C)(CC)OC. The number of aromatic nitrogens is 2. The summed E-state index contributed by atoms with van der Waals surface area (Å²) in [4.78, 5) is 0. The summed E-state index contributed by atoms with van der Waals surface area (Å²) in [6.07, 6.45) is 2.77. The molecular formula is C12H22BrN3O. The summed E-state index contributed by atoms with van der Waals surface area (Å²) in [5.74, 6) is 0. The Kier molecular flexibility index (Phi) is 5.16. The lowest BCUT2D eigenvalue weighted by atomic mass is 9.90. The number of hydrogen-bond acceptors (Lipinski definition) is 3. The summed E-state index contributed by atoms with van der Waals surface area (Å²) in [7, 11) is 3.71. The molecule has 0 aromatic carbocycles. The molecule has 2 atom stereocenters. The van der Waals surface area contributed by atoms with Crippen LogP contribution in [0.2, 0.25) is 0 Å². The van der Waals surface area contributed by atoms with Crippen molar-refractivity contribution in [3.05, 3.63) is 16.4 Å². The lowest BCUT2D eigenvalue weighted by Crippen LogP contribution is -2.42. The molecule has 5 heteroatoms. The number of ether oxygens (including phenoxy) is 1. The van der Waals surface area contributed by atoms with Crippen LogP contribution in [0.4, 0.5) is 0 Å². The second kappa shape index (κ2) is 5.98. The van der Waals surface area contributed by atoms with Gasteiger partial charge >= 0.3 is 0 Å². The standard InChI is InChI=1S/C12H22BrN3O/c1-6-12(3,17-5)11(14-4)10-9(13)8-15-16(10)7-2/h8,11,14H,6-7H2,1-5H3. The Labute approximate surface area is 112 Å². The first kappa shape index (κ1) is 14.7. The van der Waals surface area contributed by atoms with E-state index in [1.807, 2.05) is 17.9 Å². The largest absolute Gasteiger partial charge is 0.376 e. The van der Waals surface area contributed by atoms with Gasteiger partial charge in [-0.15, -0.1) is 0 Å². The third kappa shape index (κ3) is 2.72. The lowest BCUT2D eigenvalue weighted by Gasteiger charge is -2.36. The van der Waals surface area contributed by atoms with Crippen LogP contribution in [0.3, 0.4) is 0 Å². The van der Waals surface area contributed by atoms with Gasteiger partial charge in [-0.25, -0.2) is 0 Å². The summed E-state index contributed by atoms with van der Waals surface area (Å²) in [6, 6.07) is 0.106. The van der Waals surface area contributed by atoms with Crippen molar-refractivity contribution >= 4 is 15.9 Å². The molecule has 1 rings (SSSR count). The van der Waals surface area contributed by atoms with Gasteiger partial charge in [0.1, 0.15) is 0 Å². The molecule has 0 amide bonds. The van der Waals surface area contributed by atoms with E-state index in [1.165, 1.54) is 0 Å². The molecule has 0 saturated heterocycles. The minimum absolute atomic E-state index is 0.106. The van der Waals surface area contributed by atoms with E-state index in [0.29, 0.717) is 0 Å². The second-order valence-corrected chi connectivity index (χ2v) is 5.14. The first-order valence-corrected chi connectivity index (χ1v) is 6.76. The molecule has 1 heterocycles. The smallest absolute Gasteiger partial charge is 0.0857 e. The maximum atomic E-state index is 5.69. The summed E-state index contributed by atoms with van der Waals surface area (Å²) in [6.45, 7) is 7.19. The predicted molar refractivity (Wildman–Crippen MR) is 73.1 cm³/mol. The van der Waals surface area contributed by atoms with Gasteiger partial charge in [0.2, 0.25) is 0 Å². The van der Waals surface area contributed by atoms with Crippen molar-refractivity contribution in [2.75, 3.05) is 14.2 Å². The maximum Gasteiger partial charge on any atom is 0.0857 e. The Morgan fingerprint density at radius 2 is 2.24 bits per heavy atom. The van der Waals surface area contributed by atoms with Gasteiger partial charge in [-0.2, -0.15) is 5.10 Å². The van der Waals surface area contributed by atoms with Crippen LogP contribution in [0.25, 0.3) is 0 Å². The van der Waals surface area contributed by atoms with Crippen LogP contribution in [0.15, 0.2) is 10.7 Å².